The zero-order valence-electron chi connectivity index (χ0n) is 25.9. The average molecular weight is 568 g/mol. The van der Waals surface area contributed by atoms with Gasteiger partial charge in [-0.3, -0.25) is 0 Å². The van der Waals surface area contributed by atoms with Crippen LogP contribution in [0.2, 0.25) is 0 Å². The highest BCUT2D eigenvalue weighted by Crippen LogP contribution is 2.23. The van der Waals surface area contributed by atoms with Gasteiger partial charge >= 0.3 is 5.97 Å². The van der Waals surface area contributed by atoms with Crippen LogP contribution in [0.1, 0.15) is 137 Å². The molecule has 2 aromatic carbocycles. The predicted octanol–water partition coefficient (Wildman–Crippen LogP) is 10.2. The molecule has 0 unspecified atom stereocenters. The van der Waals surface area contributed by atoms with Crippen molar-refractivity contribution in [3.05, 3.63) is 77.1 Å². The Labute approximate surface area is 253 Å². The first-order valence-corrected chi connectivity index (χ1v) is 16.3. The monoisotopic (exact) mass is 567 g/mol. The molecule has 0 amide bonds. The third-order valence-electron chi connectivity index (χ3n) is 7.84. The maximum absolute atomic E-state index is 12.8. The first kappa shape index (κ1) is 33.0. The SMILES string of the molecule is CCCCCCCCCCc1ccc(OC(=O)c2ccc(-c3ncc(CCCCCCCCC)cn3)cc2)c(C#N)c1. The number of ether oxygens (including phenoxy) is 1. The average Bonchev–Trinajstić information content (AvgIpc) is 3.03. The van der Waals surface area contributed by atoms with Crippen LogP contribution in [0.15, 0.2) is 54.9 Å². The van der Waals surface area contributed by atoms with Gasteiger partial charge in [0.2, 0.25) is 0 Å². The fourth-order valence-electron chi connectivity index (χ4n) is 5.21. The number of unbranched alkanes of at least 4 members (excludes halogenated alkanes) is 13. The Morgan fingerprint density at radius 3 is 1.76 bits per heavy atom. The Hall–Kier alpha value is -3.52. The summed E-state index contributed by atoms with van der Waals surface area (Å²) in [7, 11) is 0. The molecule has 42 heavy (non-hydrogen) atoms. The lowest BCUT2D eigenvalue weighted by molar-refractivity contribution is 0.0734. The van der Waals surface area contributed by atoms with Crippen LogP contribution in [0.5, 0.6) is 5.75 Å². The van der Waals surface area contributed by atoms with E-state index in [0.717, 1.165) is 36.0 Å². The van der Waals surface area contributed by atoms with E-state index in [9.17, 15) is 10.1 Å². The second kappa shape index (κ2) is 19.6. The number of aromatic nitrogens is 2. The van der Waals surface area contributed by atoms with Crippen molar-refractivity contribution in [2.75, 3.05) is 0 Å². The van der Waals surface area contributed by atoms with Gasteiger partial charge in [0.05, 0.1) is 11.1 Å². The van der Waals surface area contributed by atoms with Gasteiger partial charge in [0.1, 0.15) is 11.8 Å². The van der Waals surface area contributed by atoms with Crippen LogP contribution in [0, 0.1) is 11.3 Å². The molecule has 5 nitrogen and oxygen atoms in total. The summed E-state index contributed by atoms with van der Waals surface area (Å²) < 4.78 is 5.61. The highest BCUT2D eigenvalue weighted by atomic mass is 16.5. The minimum absolute atomic E-state index is 0.297. The fourth-order valence-corrected chi connectivity index (χ4v) is 5.21. The second-order valence-corrected chi connectivity index (χ2v) is 11.4. The summed E-state index contributed by atoms with van der Waals surface area (Å²) in [6.45, 7) is 4.49. The van der Waals surface area contributed by atoms with Crippen molar-refractivity contribution in [3.63, 3.8) is 0 Å². The van der Waals surface area contributed by atoms with Crippen molar-refractivity contribution >= 4 is 5.97 Å². The van der Waals surface area contributed by atoms with E-state index < -0.39 is 5.97 Å². The van der Waals surface area contributed by atoms with Crippen molar-refractivity contribution in [1.29, 1.82) is 5.26 Å². The highest BCUT2D eigenvalue weighted by molar-refractivity contribution is 5.91. The van der Waals surface area contributed by atoms with Gasteiger partial charge in [0.25, 0.3) is 0 Å². The molecule has 0 atom stereocenters. The summed E-state index contributed by atoms with van der Waals surface area (Å²) >= 11 is 0. The maximum Gasteiger partial charge on any atom is 0.343 e. The molecule has 0 saturated carbocycles. The number of benzene rings is 2. The number of hydrogen-bond donors (Lipinski definition) is 0. The number of aryl methyl sites for hydroxylation is 2. The standard InChI is InChI=1S/C37H49N3O2/c1-3-5-7-9-11-13-14-16-18-30-20-25-35(34(26-30)27-38)42-37(41)33-23-21-32(22-24-33)36-39-28-31(29-40-36)19-17-15-12-10-8-6-4-2/h20-26,28-29H,3-19H2,1-2H3. The molecule has 5 heteroatoms. The first-order chi connectivity index (χ1) is 20.6. The molecular weight excluding hydrogens is 518 g/mol. The van der Waals surface area contributed by atoms with E-state index in [1.807, 2.05) is 36.7 Å². The van der Waals surface area contributed by atoms with E-state index >= 15 is 0 Å². The van der Waals surface area contributed by atoms with Gasteiger partial charge < -0.3 is 4.74 Å². The molecule has 0 aliphatic carbocycles. The molecule has 1 aromatic heterocycles. The summed E-state index contributed by atoms with van der Waals surface area (Å²) in [5.74, 6) is 0.447. The minimum atomic E-state index is -0.486. The summed E-state index contributed by atoms with van der Waals surface area (Å²) in [6, 6.07) is 14.8. The van der Waals surface area contributed by atoms with Crippen LogP contribution >= 0.6 is 0 Å². The van der Waals surface area contributed by atoms with Crippen LogP contribution in [-0.2, 0) is 12.8 Å². The molecule has 3 rings (SSSR count). The molecule has 224 valence electrons. The first-order valence-electron chi connectivity index (χ1n) is 16.3. The van der Waals surface area contributed by atoms with Gasteiger partial charge in [-0.1, -0.05) is 116 Å². The zero-order valence-corrected chi connectivity index (χ0v) is 25.9. The van der Waals surface area contributed by atoms with Crippen LogP contribution in [0.25, 0.3) is 11.4 Å². The van der Waals surface area contributed by atoms with E-state index in [4.69, 9.17) is 4.74 Å². The molecular formula is C37H49N3O2. The summed E-state index contributed by atoms with van der Waals surface area (Å²) in [5.41, 5.74) is 3.92. The topological polar surface area (TPSA) is 75.9 Å². The number of nitrogens with zero attached hydrogens (tertiary/aromatic N) is 3. The van der Waals surface area contributed by atoms with E-state index in [2.05, 4.69) is 29.9 Å². The number of rotatable bonds is 20. The van der Waals surface area contributed by atoms with Gasteiger partial charge in [-0.05, 0) is 61.1 Å². The van der Waals surface area contributed by atoms with Crippen molar-refractivity contribution in [2.24, 2.45) is 0 Å². The molecule has 0 fully saturated rings. The molecule has 3 aromatic rings. The van der Waals surface area contributed by atoms with E-state index in [1.54, 1.807) is 18.2 Å². The number of nitriles is 1. The molecule has 0 saturated heterocycles. The van der Waals surface area contributed by atoms with Crippen molar-refractivity contribution in [3.8, 4) is 23.2 Å². The predicted molar refractivity (Wildman–Crippen MR) is 172 cm³/mol. The normalized spacial score (nSPS) is 10.9. The number of esters is 1. The lowest BCUT2D eigenvalue weighted by Crippen LogP contribution is -2.09. The van der Waals surface area contributed by atoms with Crippen LogP contribution in [-0.4, -0.2) is 15.9 Å². The largest absolute Gasteiger partial charge is 0.422 e. The van der Waals surface area contributed by atoms with Gasteiger partial charge in [0, 0.05) is 18.0 Å². The van der Waals surface area contributed by atoms with Crippen molar-refractivity contribution in [1.82, 2.24) is 9.97 Å². The van der Waals surface area contributed by atoms with Gasteiger partial charge in [0.15, 0.2) is 5.82 Å². The minimum Gasteiger partial charge on any atom is -0.422 e. The molecule has 0 bridgehead atoms. The Balaban J connectivity index is 1.45. The number of carbonyl (C=O) groups excluding carboxylic acids is 1. The lowest BCUT2D eigenvalue weighted by Gasteiger charge is -2.09. The summed E-state index contributed by atoms with van der Waals surface area (Å²) in [6.07, 6.45) is 24.9. The van der Waals surface area contributed by atoms with Crippen molar-refractivity contribution < 1.29 is 9.53 Å². The molecule has 0 aliphatic heterocycles. The maximum atomic E-state index is 12.8. The Morgan fingerprint density at radius 1 is 0.690 bits per heavy atom. The van der Waals surface area contributed by atoms with Crippen molar-refractivity contribution in [2.45, 2.75) is 123 Å². The smallest absolute Gasteiger partial charge is 0.343 e. The summed E-state index contributed by atoms with van der Waals surface area (Å²) in [4.78, 5) is 21.9. The second-order valence-electron chi connectivity index (χ2n) is 11.4. The van der Waals surface area contributed by atoms with Crippen LogP contribution in [0.3, 0.4) is 0 Å². The van der Waals surface area contributed by atoms with E-state index in [0.29, 0.717) is 22.7 Å². The molecule has 0 aliphatic rings. The van der Waals surface area contributed by atoms with Crippen LogP contribution in [0.4, 0.5) is 0 Å². The van der Waals surface area contributed by atoms with Gasteiger partial charge in [-0.2, -0.15) is 5.26 Å². The Bertz CT molecular complexity index is 1230. The zero-order chi connectivity index (χ0) is 29.8. The Morgan fingerprint density at radius 2 is 1.21 bits per heavy atom. The number of hydrogen-bond acceptors (Lipinski definition) is 5. The lowest BCUT2D eigenvalue weighted by atomic mass is 10.0. The Kier molecular flexibility index (Phi) is 15.4. The highest BCUT2D eigenvalue weighted by Gasteiger charge is 2.13. The third-order valence-corrected chi connectivity index (χ3v) is 7.84. The van der Waals surface area contributed by atoms with Gasteiger partial charge in [-0.15, -0.1) is 0 Å². The quantitative estimate of drug-likeness (QED) is 0.0771. The van der Waals surface area contributed by atoms with E-state index in [1.165, 1.54) is 89.9 Å². The fraction of sp³-hybridized carbons (Fsp3) is 0.514. The van der Waals surface area contributed by atoms with Gasteiger partial charge in [-0.25, -0.2) is 14.8 Å². The molecule has 0 N–H and O–H groups in total. The molecule has 0 spiro atoms. The summed E-state index contributed by atoms with van der Waals surface area (Å²) in [5, 5.41) is 9.67. The number of carbonyl (C=O) groups is 1. The molecule has 0 radical (unpaired) electrons. The third kappa shape index (κ3) is 11.8. The van der Waals surface area contributed by atoms with E-state index in [-0.39, 0.29) is 0 Å². The van der Waals surface area contributed by atoms with Crippen LogP contribution < -0.4 is 4.74 Å². The molecule has 1 heterocycles.